The Morgan fingerprint density at radius 3 is 0.950 bits per heavy atom. The average Bonchev–Trinajstić information content (AvgIpc) is 3.24. The van der Waals surface area contributed by atoms with Crippen molar-refractivity contribution >= 4 is 104 Å². The molecule has 0 saturated heterocycles. The number of alkyl halides is 4. The molecule has 0 saturated carbocycles. The first kappa shape index (κ1) is 45.9. The van der Waals surface area contributed by atoms with Crippen LogP contribution in [-0.2, 0) is 45.4 Å². The summed E-state index contributed by atoms with van der Waals surface area (Å²) in [5.74, 6) is -3.08. The third kappa shape index (κ3) is 9.42. The maximum Gasteiger partial charge on any atom is 0.235 e. The second-order valence-corrected chi connectivity index (χ2v) is 15.5. The minimum atomic E-state index is -0.371. The first-order valence-corrected chi connectivity index (χ1v) is 21.2. The van der Waals surface area contributed by atoms with E-state index < -0.39 is 0 Å². The maximum atomic E-state index is 14.6. The maximum absolute atomic E-state index is 14.6. The van der Waals surface area contributed by atoms with Gasteiger partial charge in [-0.05, 0) is 109 Å². The third-order valence-electron chi connectivity index (χ3n) is 11.1. The molecule has 16 heteroatoms. The van der Waals surface area contributed by atoms with Gasteiger partial charge in [0, 0.05) is 48.7 Å². The Kier molecular flexibility index (Phi) is 15.3. The standard InChI is InChI=1S/C44H46Cl4N6O6/c1-21-29(17-49-35(55)13-45)23(3)41(24(4)30(21)18-50-36(56)14-46)53-33-11-12-34(40-39(33)43(59)27-9-7-8-10-28(27)44(40)60)54-42-25(5)31(19-51-37(57)15-47)22(2)32(26(42)6)20-52-38(58)16-48/h7-12,53-54H,13-20H2,1-6H3,(H,49,55)(H,50,56)(H,51,57)(H,52,58). The van der Waals surface area contributed by atoms with E-state index in [-0.39, 0.29) is 107 Å². The van der Waals surface area contributed by atoms with Gasteiger partial charge in [-0.3, -0.25) is 28.8 Å². The molecule has 60 heavy (non-hydrogen) atoms. The summed E-state index contributed by atoms with van der Waals surface area (Å²) >= 11 is 23.2. The number of nitrogens with one attached hydrogen (secondary N) is 6. The van der Waals surface area contributed by atoms with Crippen LogP contribution in [0.2, 0.25) is 0 Å². The highest BCUT2D eigenvalue weighted by Crippen LogP contribution is 2.42. The number of rotatable bonds is 16. The predicted molar refractivity (Wildman–Crippen MR) is 238 cm³/mol. The first-order valence-electron chi connectivity index (χ1n) is 19.0. The molecular formula is C44H46Cl4N6O6. The van der Waals surface area contributed by atoms with Crippen molar-refractivity contribution in [2.75, 3.05) is 34.2 Å². The van der Waals surface area contributed by atoms with E-state index in [1.807, 2.05) is 41.5 Å². The molecule has 4 aromatic carbocycles. The van der Waals surface area contributed by atoms with Crippen molar-refractivity contribution < 1.29 is 28.8 Å². The summed E-state index contributed by atoms with van der Waals surface area (Å²) in [5.41, 5.74) is 10.6. The molecule has 0 spiro atoms. The fourth-order valence-electron chi connectivity index (χ4n) is 7.73. The lowest BCUT2D eigenvalue weighted by Gasteiger charge is -2.28. The SMILES string of the molecule is Cc1c(CNC(=O)CCl)c(C)c(Nc2ccc(Nc3c(C)c(CNC(=O)CCl)c(C)c(CNC(=O)CCl)c3C)c3c2C(=O)c2ccccc2C3=O)c(C)c1CNC(=O)CCl. The topological polar surface area (TPSA) is 175 Å². The predicted octanol–water partition coefficient (Wildman–Crippen LogP) is 7.22. The molecule has 0 atom stereocenters. The van der Waals surface area contributed by atoms with Crippen LogP contribution >= 0.6 is 46.4 Å². The quantitative estimate of drug-likeness (QED) is 0.0564. The van der Waals surface area contributed by atoms with E-state index in [4.69, 9.17) is 46.4 Å². The molecule has 0 heterocycles. The molecule has 0 aliphatic heterocycles. The monoisotopic (exact) mass is 894 g/mol. The number of anilines is 4. The zero-order valence-corrected chi connectivity index (χ0v) is 37.1. The molecule has 0 fully saturated rings. The number of fused-ring (bicyclic) bond motifs is 2. The van der Waals surface area contributed by atoms with Gasteiger partial charge in [-0.2, -0.15) is 0 Å². The summed E-state index contributed by atoms with van der Waals surface area (Å²) in [6.45, 7) is 11.9. The minimum absolute atomic E-state index is 0.142. The van der Waals surface area contributed by atoms with Gasteiger partial charge < -0.3 is 31.9 Å². The van der Waals surface area contributed by atoms with Gasteiger partial charge >= 0.3 is 0 Å². The summed E-state index contributed by atoms with van der Waals surface area (Å²) < 4.78 is 0. The van der Waals surface area contributed by atoms with Crippen molar-refractivity contribution in [1.29, 1.82) is 0 Å². The molecule has 0 aromatic heterocycles. The minimum Gasteiger partial charge on any atom is -0.354 e. The zero-order chi connectivity index (χ0) is 44.0. The van der Waals surface area contributed by atoms with Crippen LogP contribution in [0.25, 0.3) is 0 Å². The number of hydrogen-bond donors (Lipinski definition) is 6. The zero-order valence-electron chi connectivity index (χ0n) is 34.1. The van der Waals surface area contributed by atoms with Crippen molar-refractivity contribution in [3.05, 3.63) is 114 Å². The van der Waals surface area contributed by atoms with E-state index in [1.54, 1.807) is 36.4 Å². The Hall–Kier alpha value is -5.14. The van der Waals surface area contributed by atoms with Crippen LogP contribution in [0.15, 0.2) is 36.4 Å². The molecule has 1 aliphatic carbocycles. The van der Waals surface area contributed by atoms with Gasteiger partial charge in [0.15, 0.2) is 11.6 Å². The highest BCUT2D eigenvalue weighted by Gasteiger charge is 2.35. The Bertz CT molecular complexity index is 2180. The number of carbonyl (C=O) groups is 6. The molecule has 0 unspecified atom stereocenters. The van der Waals surface area contributed by atoms with Gasteiger partial charge in [-0.1, -0.05) is 24.3 Å². The second-order valence-electron chi connectivity index (χ2n) is 14.4. The third-order valence-corrected chi connectivity index (χ3v) is 12.0. The van der Waals surface area contributed by atoms with Crippen LogP contribution < -0.4 is 31.9 Å². The number of hydrogen-bond acceptors (Lipinski definition) is 8. The lowest BCUT2D eigenvalue weighted by molar-refractivity contribution is -0.119. The molecule has 316 valence electrons. The lowest BCUT2D eigenvalue weighted by Crippen LogP contribution is -2.28. The van der Waals surface area contributed by atoms with Crippen molar-refractivity contribution in [2.24, 2.45) is 0 Å². The number of halogens is 4. The fourth-order valence-corrected chi connectivity index (χ4v) is 8.11. The normalized spacial score (nSPS) is 11.7. The van der Waals surface area contributed by atoms with Crippen molar-refractivity contribution in [1.82, 2.24) is 21.3 Å². The Morgan fingerprint density at radius 1 is 0.433 bits per heavy atom. The molecular weight excluding hydrogens is 850 g/mol. The van der Waals surface area contributed by atoms with Crippen LogP contribution in [0.1, 0.15) is 87.5 Å². The van der Waals surface area contributed by atoms with Crippen molar-refractivity contribution in [3.8, 4) is 0 Å². The van der Waals surface area contributed by atoms with Gasteiger partial charge in [-0.25, -0.2) is 0 Å². The van der Waals surface area contributed by atoms with E-state index in [0.29, 0.717) is 22.7 Å². The van der Waals surface area contributed by atoms with Gasteiger partial charge in [0.25, 0.3) is 0 Å². The molecule has 4 amide bonds. The Labute approximate surface area is 368 Å². The van der Waals surface area contributed by atoms with E-state index in [1.165, 1.54) is 0 Å². The molecule has 5 rings (SSSR count). The van der Waals surface area contributed by atoms with E-state index in [2.05, 4.69) is 31.9 Å². The summed E-state index contributed by atoms with van der Waals surface area (Å²) in [6, 6.07) is 10.1. The van der Waals surface area contributed by atoms with Gasteiger partial charge in [0.05, 0.1) is 22.5 Å². The Morgan fingerprint density at radius 2 is 0.700 bits per heavy atom. The summed E-state index contributed by atoms with van der Waals surface area (Å²) in [5, 5.41) is 18.3. The van der Waals surface area contributed by atoms with E-state index in [0.717, 1.165) is 55.6 Å². The summed E-state index contributed by atoms with van der Waals surface area (Å²) in [6.07, 6.45) is 0. The summed E-state index contributed by atoms with van der Waals surface area (Å²) in [4.78, 5) is 78.4. The summed E-state index contributed by atoms with van der Waals surface area (Å²) in [7, 11) is 0. The molecule has 12 nitrogen and oxygen atoms in total. The molecule has 1 aliphatic rings. The van der Waals surface area contributed by atoms with Gasteiger partial charge in [0.2, 0.25) is 23.6 Å². The van der Waals surface area contributed by atoms with Crippen molar-refractivity contribution in [2.45, 2.75) is 67.7 Å². The van der Waals surface area contributed by atoms with Crippen LogP contribution in [0, 0.1) is 41.5 Å². The number of benzene rings is 4. The van der Waals surface area contributed by atoms with Crippen LogP contribution in [0.4, 0.5) is 22.7 Å². The molecule has 0 bridgehead atoms. The van der Waals surface area contributed by atoms with Crippen LogP contribution in [0.5, 0.6) is 0 Å². The van der Waals surface area contributed by atoms with E-state index >= 15 is 0 Å². The lowest BCUT2D eigenvalue weighted by atomic mass is 9.81. The van der Waals surface area contributed by atoms with Crippen LogP contribution in [0.3, 0.4) is 0 Å². The number of amides is 4. The van der Waals surface area contributed by atoms with Gasteiger partial charge in [0.1, 0.15) is 23.5 Å². The molecule has 6 N–H and O–H groups in total. The first-order chi connectivity index (χ1) is 28.6. The highest BCUT2D eigenvalue weighted by molar-refractivity contribution is 6.32. The van der Waals surface area contributed by atoms with Crippen molar-refractivity contribution in [3.63, 3.8) is 0 Å². The van der Waals surface area contributed by atoms with Gasteiger partial charge in [-0.15, -0.1) is 46.4 Å². The highest BCUT2D eigenvalue weighted by atomic mass is 35.5. The Balaban J connectivity index is 1.72. The smallest absolute Gasteiger partial charge is 0.235 e. The number of carbonyl (C=O) groups excluding carboxylic acids is 6. The molecule has 0 radical (unpaired) electrons. The molecule has 4 aromatic rings. The van der Waals surface area contributed by atoms with Crippen LogP contribution in [-0.4, -0.2) is 58.7 Å². The second kappa shape index (κ2) is 19.9. The average molecular weight is 897 g/mol. The van der Waals surface area contributed by atoms with E-state index in [9.17, 15) is 28.8 Å². The largest absolute Gasteiger partial charge is 0.354 e. The number of ketones is 2. The fraction of sp³-hybridized carbons (Fsp3) is 0.318.